The van der Waals surface area contributed by atoms with Crippen molar-refractivity contribution in [3.63, 3.8) is 0 Å². The Morgan fingerprint density at radius 3 is 2.08 bits per heavy atom. The largest absolute Gasteiger partial charge is 0.350 e. The van der Waals surface area contributed by atoms with Crippen LogP contribution in [0.3, 0.4) is 0 Å². The van der Waals surface area contributed by atoms with Crippen LogP contribution in [0.15, 0.2) is 60.9 Å². The molecule has 2 aromatic heterocycles. The highest BCUT2D eigenvalue weighted by Crippen LogP contribution is 2.39. The molecule has 4 aromatic rings. The standard InChI is InChI=1S/C31H36N4O2/c1-5-6-11-21(18-33(2)3)16-17-35-20-25(23-13-8-10-15-27(23)35)29-28(30(36)32-31(29)37)24-19-34(4)26-14-9-7-12-22(24)26/h7-10,12-15,19-21H,5-6,11,16-18H2,1-4H3,(H,32,36,37). The fourth-order valence-electron chi connectivity index (χ4n) is 5.80. The minimum Gasteiger partial charge on any atom is -0.350 e. The van der Waals surface area contributed by atoms with E-state index in [1.165, 1.54) is 19.3 Å². The molecule has 6 heteroatoms. The van der Waals surface area contributed by atoms with E-state index in [1.54, 1.807) is 0 Å². The van der Waals surface area contributed by atoms with Crippen molar-refractivity contribution in [1.29, 1.82) is 0 Å². The summed E-state index contributed by atoms with van der Waals surface area (Å²) < 4.78 is 4.28. The van der Waals surface area contributed by atoms with E-state index >= 15 is 0 Å². The number of aryl methyl sites for hydroxylation is 2. The summed E-state index contributed by atoms with van der Waals surface area (Å²) in [5.41, 5.74) is 4.65. The third-order valence-electron chi connectivity index (χ3n) is 7.52. The normalized spacial score (nSPS) is 14.9. The predicted octanol–water partition coefficient (Wildman–Crippen LogP) is 5.46. The number of unbranched alkanes of at least 4 members (excludes halogenated alkanes) is 1. The predicted molar refractivity (Wildman–Crippen MR) is 151 cm³/mol. The van der Waals surface area contributed by atoms with Crippen LogP contribution in [0.4, 0.5) is 0 Å². The SMILES string of the molecule is CCCCC(CCn1cc(C2=C(c3cn(C)c4ccccc34)C(=O)NC2=O)c2ccccc21)CN(C)C. The average Bonchev–Trinajstić information content (AvgIpc) is 3.51. The lowest BCUT2D eigenvalue weighted by Gasteiger charge is -2.21. The highest BCUT2D eigenvalue weighted by atomic mass is 16.2. The molecule has 192 valence electrons. The number of rotatable bonds is 10. The molecule has 2 amide bonds. The van der Waals surface area contributed by atoms with Gasteiger partial charge in [0.05, 0.1) is 11.1 Å². The molecular formula is C31H36N4O2. The first kappa shape index (κ1) is 25.0. The monoisotopic (exact) mass is 496 g/mol. The van der Waals surface area contributed by atoms with E-state index in [0.29, 0.717) is 17.1 Å². The molecule has 37 heavy (non-hydrogen) atoms. The topological polar surface area (TPSA) is 59.3 Å². The molecule has 0 saturated carbocycles. The average molecular weight is 497 g/mol. The van der Waals surface area contributed by atoms with E-state index in [2.05, 4.69) is 54.1 Å². The molecule has 3 heterocycles. The van der Waals surface area contributed by atoms with Crippen LogP contribution in [-0.2, 0) is 23.2 Å². The lowest BCUT2D eigenvalue weighted by Crippen LogP contribution is -2.23. The number of benzene rings is 2. The Balaban J connectivity index is 1.60. The van der Waals surface area contributed by atoms with Crippen LogP contribution >= 0.6 is 0 Å². The van der Waals surface area contributed by atoms with Crippen molar-refractivity contribution in [2.24, 2.45) is 13.0 Å². The summed E-state index contributed by atoms with van der Waals surface area (Å²) in [5.74, 6) is -0.0514. The highest BCUT2D eigenvalue weighted by Gasteiger charge is 2.35. The van der Waals surface area contributed by atoms with Gasteiger partial charge in [0.25, 0.3) is 11.8 Å². The smallest absolute Gasteiger partial charge is 0.259 e. The van der Waals surface area contributed by atoms with Crippen LogP contribution in [0.1, 0.15) is 43.7 Å². The number of carbonyl (C=O) groups excluding carboxylic acids is 2. The van der Waals surface area contributed by atoms with Crippen LogP contribution in [-0.4, -0.2) is 46.5 Å². The van der Waals surface area contributed by atoms with Gasteiger partial charge < -0.3 is 14.0 Å². The molecule has 1 N–H and O–H groups in total. The first-order valence-corrected chi connectivity index (χ1v) is 13.3. The Bertz CT molecular complexity index is 1500. The quantitative estimate of drug-likeness (QED) is 0.297. The van der Waals surface area contributed by atoms with Gasteiger partial charge in [-0.2, -0.15) is 0 Å². The fourth-order valence-corrected chi connectivity index (χ4v) is 5.80. The van der Waals surface area contributed by atoms with Gasteiger partial charge in [-0.3, -0.25) is 14.9 Å². The zero-order valence-electron chi connectivity index (χ0n) is 22.3. The molecule has 1 atom stereocenters. The van der Waals surface area contributed by atoms with Crippen LogP contribution in [0.5, 0.6) is 0 Å². The summed E-state index contributed by atoms with van der Waals surface area (Å²) in [5, 5.41) is 4.55. The number of nitrogens with zero attached hydrogens (tertiary/aromatic N) is 3. The second kappa shape index (κ2) is 10.4. The Morgan fingerprint density at radius 1 is 0.838 bits per heavy atom. The molecule has 0 radical (unpaired) electrons. The molecule has 0 aliphatic carbocycles. The van der Waals surface area contributed by atoms with Crippen molar-refractivity contribution in [2.75, 3.05) is 20.6 Å². The molecule has 1 aliphatic heterocycles. The Labute approximate surface area is 218 Å². The van der Waals surface area contributed by atoms with Gasteiger partial charge >= 0.3 is 0 Å². The maximum absolute atomic E-state index is 13.3. The van der Waals surface area contributed by atoms with Gasteiger partial charge in [-0.15, -0.1) is 0 Å². The van der Waals surface area contributed by atoms with Gasteiger partial charge in [0.1, 0.15) is 0 Å². The van der Waals surface area contributed by atoms with E-state index in [1.807, 2.05) is 54.2 Å². The van der Waals surface area contributed by atoms with Crippen molar-refractivity contribution in [3.05, 3.63) is 72.1 Å². The van der Waals surface area contributed by atoms with Crippen LogP contribution in [0.25, 0.3) is 33.0 Å². The first-order valence-electron chi connectivity index (χ1n) is 13.3. The summed E-state index contributed by atoms with van der Waals surface area (Å²) in [7, 11) is 6.24. The maximum Gasteiger partial charge on any atom is 0.259 e. The second-order valence-electron chi connectivity index (χ2n) is 10.5. The minimum atomic E-state index is -0.334. The van der Waals surface area contributed by atoms with Crippen LogP contribution in [0, 0.1) is 5.92 Å². The van der Waals surface area contributed by atoms with Gasteiger partial charge in [0.2, 0.25) is 0 Å². The van der Waals surface area contributed by atoms with Gasteiger partial charge in [-0.1, -0.05) is 56.2 Å². The zero-order valence-corrected chi connectivity index (χ0v) is 22.3. The molecule has 1 unspecified atom stereocenters. The van der Waals surface area contributed by atoms with Gasteiger partial charge in [0, 0.05) is 65.5 Å². The van der Waals surface area contributed by atoms with Gasteiger partial charge in [0.15, 0.2) is 0 Å². The minimum absolute atomic E-state index is 0.329. The summed E-state index contributed by atoms with van der Waals surface area (Å²) in [6.07, 6.45) is 8.76. The number of fused-ring (bicyclic) bond motifs is 2. The zero-order chi connectivity index (χ0) is 26.1. The third kappa shape index (κ3) is 4.74. The van der Waals surface area contributed by atoms with Crippen LogP contribution < -0.4 is 5.32 Å². The van der Waals surface area contributed by atoms with E-state index in [4.69, 9.17) is 0 Å². The molecule has 0 fully saturated rings. The first-order chi connectivity index (χ1) is 17.9. The third-order valence-corrected chi connectivity index (χ3v) is 7.52. The molecule has 0 bridgehead atoms. The van der Waals surface area contributed by atoms with E-state index in [0.717, 1.165) is 52.4 Å². The van der Waals surface area contributed by atoms with E-state index in [9.17, 15) is 9.59 Å². The Kier molecular flexibility index (Phi) is 7.02. The number of para-hydroxylation sites is 2. The van der Waals surface area contributed by atoms with Crippen LogP contribution in [0.2, 0.25) is 0 Å². The number of aromatic nitrogens is 2. The Morgan fingerprint density at radius 2 is 1.43 bits per heavy atom. The number of amides is 2. The molecule has 0 saturated heterocycles. The number of nitrogens with one attached hydrogen (secondary N) is 1. The van der Waals surface area contributed by atoms with Gasteiger partial charge in [-0.25, -0.2) is 0 Å². The van der Waals surface area contributed by atoms with E-state index < -0.39 is 0 Å². The molecule has 0 spiro atoms. The summed E-state index contributed by atoms with van der Waals surface area (Å²) in [6, 6.07) is 16.2. The number of hydrogen-bond donors (Lipinski definition) is 1. The lowest BCUT2D eigenvalue weighted by molar-refractivity contribution is -0.122. The molecule has 6 nitrogen and oxygen atoms in total. The highest BCUT2D eigenvalue weighted by molar-refractivity contribution is 6.50. The molecular weight excluding hydrogens is 460 g/mol. The van der Waals surface area contributed by atoms with E-state index in [-0.39, 0.29) is 11.8 Å². The van der Waals surface area contributed by atoms with Crippen molar-refractivity contribution in [1.82, 2.24) is 19.4 Å². The Hall–Kier alpha value is -3.64. The molecule has 1 aliphatic rings. The molecule has 5 rings (SSSR count). The lowest BCUT2D eigenvalue weighted by atomic mass is 9.95. The maximum atomic E-state index is 13.3. The number of carbonyl (C=O) groups is 2. The van der Waals surface area contributed by atoms with Crippen molar-refractivity contribution in [3.8, 4) is 0 Å². The number of hydrogen-bond acceptors (Lipinski definition) is 3. The summed E-state index contributed by atoms with van der Waals surface area (Å²) in [4.78, 5) is 28.7. The second-order valence-corrected chi connectivity index (χ2v) is 10.5. The van der Waals surface area contributed by atoms with Crippen molar-refractivity contribution in [2.45, 2.75) is 39.2 Å². The molecule has 2 aromatic carbocycles. The van der Waals surface area contributed by atoms with Gasteiger partial charge in [-0.05, 0) is 45.0 Å². The van der Waals surface area contributed by atoms with Crippen molar-refractivity contribution >= 4 is 44.8 Å². The number of imide groups is 1. The van der Waals surface area contributed by atoms with Crippen molar-refractivity contribution < 1.29 is 9.59 Å². The fraction of sp³-hybridized carbons (Fsp3) is 0.355. The summed E-state index contributed by atoms with van der Waals surface area (Å²) >= 11 is 0. The summed E-state index contributed by atoms with van der Waals surface area (Å²) in [6.45, 7) is 4.18.